The fraction of sp³-hybridized carbons (Fsp3) is 0.939. The third-order valence-electron chi connectivity index (χ3n) is 7.62. The molecule has 0 aromatic rings. The van der Waals surface area contributed by atoms with Crippen molar-refractivity contribution in [2.45, 2.75) is 175 Å². The standard InChI is InChI=1S/C33H64O5/c1-5-30(4)24-20-16-13-14-18-22-26-33(36)38-31(27-34)28-37-32(35)25-21-17-12-10-8-6-7-9-11-15-19-23-29(2)3/h29-31,34H,5-28H2,1-4H3/t30?,31-/m0/s1. The second kappa shape index (κ2) is 27.5. The molecule has 5 nitrogen and oxygen atoms in total. The quantitative estimate of drug-likeness (QED) is 0.0790. The predicted molar refractivity (Wildman–Crippen MR) is 159 cm³/mol. The van der Waals surface area contributed by atoms with Crippen LogP contribution in [0.2, 0.25) is 0 Å². The summed E-state index contributed by atoms with van der Waals surface area (Å²) in [4.78, 5) is 24.0. The summed E-state index contributed by atoms with van der Waals surface area (Å²) >= 11 is 0. The number of rotatable bonds is 28. The summed E-state index contributed by atoms with van der Waals surface area (Å²) in [6.45, 7) is 8.77. The Labute approximate surface area is 236 Å². The molecular weight excluding hydrogens is 476 g/mol. The second-order valence-electron chi connectivity index (χ2n) is 12.0. The zero-order chi connectivity index (χ0) is 28.3. The smallest absolute Gasteiger partial charge is 0.306 e. The largest absolute Gasteiger partial charge is 0.462 e. The number of aliphatic hydroxyl groups is 1. The van der Waals surface area contributed by atoms with Crippen molar-refractivity contribution in [1.29, 1.82) is 0 Å². The predicted octanol–water partition coefficient (Wildman–Crippen LogP) is 9.33. The number of esters is 2. The van der Waals surface area contributed by atoms with E-state index >= 15 is 0 Å². The van der Waals surface area contributed by atoms with Gasteiger partial charge < -0.3 is 14.6 Å². The summed E-state index contributed by atoms with van der Waals surface area (Å²) < 4.78 is 10.5. The van der Waals surface area contributed by atoms with Crippen molar-refractivity contribution < 1.29 is 24.2 Å². The minimum absolute atomic E-state index is 0.0608. The van der Waals surface area contributed by atoms with Gasteiger partial charge in [0.25, 0.3) is 0 Å². The molecular formula is C33H64O5. The van der Waals surface area contributed by atoms with Crippen LogP contribution in [-0.4, -0.2) is 36.4 Å². The Balaban J connectivity index is 3.57. The molecule has 1 N–H and O–H groups in total. The molecule has 0 spiro atoms. The van der Waals surface area contributed by atoms with Gasteiger partial charge in [0, 0.05) is 12.8 Å². The highest BCUT2D eigenvalue weighted by atomic mass is 16.6. The Hall–Kier alpha value is -1.10. The fourth-order valence-electron chi connectivity index (χ4n) is 4.71. The van der Waals surface area contributed by atoms with E-state index in [4.69, 9.17) is 9.47 Å². The first-order chi connectivity index (χ1) is 18.4. The van der Waals surface area contributed by atoms with Crippen LogP contribution in [0.4, 0.5) is 0 Å². The molecule has 0 radical (unpaired) electrons. The van der Waals surface area contributed by atoms with Gasteiger partial charge in [0.05, 0.1) is 6.61 Å². The summed E-state index contributed by atoms with van der Waals surface area (Å²) in [6, 6.07) is 0. The van der Waals surface area contributed by atoms with Crippen molar-refractivity contribution in [2.75, 3.05) is 13.2 Å². The van der Waals surface area contributed by atoms with Crippen molar-refractivity contribution >= 4 is 11.9 Å². The molecule has 0 fully saturated rings. The lowest BCUT2D eigenvalue weighted by molar-refractivity contribution is -0.161. The van der Waals surface area contributed by atoms with Crippen LogP contribution in [0.5, 0.6) is 0 Å². The maximum absolute atomic E-state index is 12.0. The molecule has 38 heavy (non-hydrogen) atoms. The van der Waals surface area contributed by atoms with E-state index in [0.29, 0.717) is 12.8 Å². The van der Waals surface area contributed by atoms with Crippen molar-refractivity contribution in [3.63, 3.8) is 0 Å². The highest BCUT2D eigenvalue weighted by Gasteiger charge is 2.16. The zero-order valence-electron chi connectivity index (χ0n) is 25.8. The van der Waals surface area contributed by atoms with Crippen molar-refractivity contribution in [1.82, 2.24) is 0 Å². The summed E-state index contributed by atoms with van der Waals surface area (Å²) in [6.07, 6.45) is 24.4. The van der Waals surface area contributed by atoms with E-state index in [-0.39, 0.29) is 25.2 Å². The first-order valence-electron chi connectivity index (χ1n) is 16.3. The number of hydrogen-bond donors (Lipinski definition) is 1. The van der Waals surface area contributed by atoms with Gasteiger partial charge in [-0.05, 0) is 24.7 Å². The van der Waals surface area contributed by atoms with Gasteiger partial charge in [-0.3, -0.25) is 9.59 Å². The molecule has 0 bridgehead atoms. The van der Waals surface area contributed by atoms with E-state index in [1.54, 1.807) is 0 Å². The van der Waals surface area contributed by atoms with Crippen molar-refractivity contribution in [3.05, 3.63) is 0 Å². The highest BCUT2D eigenvalue weighted by molar-refractivity contribution is 5.70. The van der Waals surface area contributed by atoms with Crippen LogP contribution in [0.25, 0.3) is 0 Å². The molecule has 0 aromatic heterocycles. The Bertz CT molecular complexity index is 533. The molecule has 0 aliphatic heterocycles. The van der Waals surface area contributed by atoms with Crippen LogP contribution in [0, 0.1) is 11.8 Å². The van der Waals surface area contributed by atoms with Crippen LogP contribution in [-0.2, 0) is 19.1 Å². The number of carbonyl (C=O) groups is 2. The molecule has 0 heterocycles. The van der Waals surface area contributed by atoms with Crippen LogP contribution in [0.15, 0.2) is 0 Å². The van der Waals surface area contributed by atoms with E-state index in [1.807, 2.05) is 0 Å². The Kier molecular flexibility index (Phi) is 26.7. The molecule has 2 atom stereocenters. The van der Waals surface area contributed by atoms with Gasteiger partial charge in [-0.2, -0.15) is 0 Å². The van der Waals surface area contributed by atoms with E-state index in [0.717, 1.165) is 50.4 Å². The SMILES string of the molecule is CCC(C)CCCCCCCCC(=O)O[C@@H](CO)COC(=O)CCCCCCCCCCCCCC(C)C. The van der Waals surface area contributed by atoms with Gasteiger partial charge in [-0.1, -0.05) is 143 Å². The lowest BCUT2D eigenvalue weighted by Gasteiger charge is -2.15. The van der Waals surface area contributed by atoms with E-state index in [1.165, 1.54) is 89.9 Å². The second-order valence-corrected chi connectivity index (χ2v) is 12.0. The van der Waals surface area contributed by atoms with Gasteiger partial charge in [0.15, 0.2) is 6.10 Å². The molecule has 0 aliphatic carbocycles. The number of carbonyl (C=O) groups excluding carboxylic acids is 2. The lowest BCUT2D eigenvalue weighted by atomic mass is 10.00. The summed E-state index contributed by atoms with van der Waals surface area (Å²) in [5.74, 6) is 1.07. The molecule has 0 saturated heterocycles. The van der Waals surface area contributed by atoms with E-state index in [2.05, 4.69) is 27.7 Å². The third-order valence-corrected chi connectivity index (χ3v) is 7.62. The molecule has 226 valence electrons. The van der Waals surface area contributed by atoms with Crippen molar-refractivity contribution in [2.24, 2.45) is 11.8 Å². The third kappa shape index (κ3) is 26.5. The lowest BCUT2D eigenvalue weighted by Crippen LogP contribution is -2.28. The summed E-state index contributed by atoms with van der Waals surface area (Å²) in [5, 5.41) is 9.48. The highest BCUT2D eigenvalue weighted by Crippen LogP contribution is 2.16. The van der Waals surface area contributed by atoms with Crippen LogP contribution in [0.1, 0.15) is 169 Å². The zero-order valence-corrected chi connectivity index (χ0v) is 25.8. The maximum Gasteiger partial charge on any atom is 0.306 e. The van der Waals surface area contributed by atoms with Gasteiger partial charge >= 0.3 is 11.9 Å². The fourth-order valence-corrected chi connectivity index (χ4v) is 4.71. The molecule has 0 aromatic carbocycles. The van der Waals surface area contributed by atoms with Crippen LogP contribution in [0.3, 0.4) is 0 Å². The first-order valence-corrected chi connectivity index (χ1v) is 16.3. The number of unbranched alkanes of at least 4 members (excludes halogenated alkanes) is 15. The van der Waals surface area contributed by atoms with E-state index in [9.17, 15) is 14.7 Å². The van der Waals surface area contributed by atoms with E-state index < -0.39 is 6.10 Å². The average Bonchev–Trinajstić information content (AvgIpc) is 2.90. The Morgan fingerprint density at radius 1 is 0.605 bits per heavy atom. The topological polar surface area (TPSA) is 72.8 Å². The molecule has 0 amide bonds. The van der Waals surface area contributed by atoms with Gasteiger partial charge in [-0.25, -0.2) is 0 Å². The summed E-state index contributed by atoms with van der Waals surface area (Å²) in [5.41, 5.74) is 0. The molecule has 0 aliphatic rings. The molecule has 0 rings (SSSR count). The summed E-state index contributed by atoms with van der Waals surface area (Å²) in [7, 11) is 0. The minimum atomic E-state index is -0.762. The maximum atomic E-state index is 12.0. The Morgan fingerprint density at radius 3 is 1.47 bits per heavy atom. The number of ether oxygens (including phenoxy) is 2. The normalized spacial score (nSPS) is 13.0. The molecule has 0 saturated carbocycles. The van der Waals surface area contributed by atoms with Gasteiger partial charge in [0.1, 0.15) is 6.61 Å². The minimum Gasteiger partial charge on any atom is -0.462 e. The van der Waals surface area contributed by atoms with Gasteiger partial charge in [-0.15, -0.1) is 0 Å². The average molecular weight is 541 g/mol. The number of hydrogen-bond acceptors (Lipinski definition) is 5. The first kappa shape index (κ1) is 36.9. The van der Waals surface area contributed by atoms with Gasteiger partial charge in [0.2, 0.25) is 0 Å². The molecule has 1 unspecified atom stereocenters. The molecule has 5 heteroatoms. The van der Waals surface area contributed by atoms with Crippen LogP contribution < -0.4 is 0 Å². The monoisotopic (exact) mass is 540 g/mol. The Morgan fingerprint density at radius 2 is 1.03 bits per heavy atom. The van der Waals surface area contributed by atoms with Crippen molar-refractivity contribution in [3.8, 4) is 0 Å². The number of aliphatic hydroxyl groups excluding tert-OH is 1. The van der Waals surface area contributed by atoms with Crippen LogP contribution >= 0.6 is 0 Å².